The Hall–Kier alpha value is -2.63. The summed E-state index contributed by atoms with van der Waals surface area (Å²) < 4.78 is 4.83. The normalized spacial score (nSPS) is 22.5. The van der Waals surface area contributed by atoms with Gasteiger partial charge in [0.1, 0.15) is 0 Å². The maximum absolute atomic E-state index is 12.9. The number of anilines is 2. The van der Waals surface area contributed by atoms with Crippen LogP contribution in [0, 0.1) is 5.41 Å². The number of hydrogen-bond acceptors (Lipinski definition) is 6. The summed E-state index contributed by atoms with van der Waals surface area (Å²) in [4.78, 5) is 12.9. The first kappa shape index (κ1) is 14.0. The minimum absolute atomic E-state index is 0.0776. The van der Waals surface area contributed by atoms with E-state index in [0.29, 0.717) is 18.1 Å². The molecule has 1 aliphatic carbocycles. The lowest BCUT2D eigenvalue weighted by Gasteiger charge is -2.33. The van der Waals surface area contributed by atoms with E-state index in [1.165, 1.54) is 0 Å². The zero-order valence-electron chi connectivity index (χ0n) is 13.1. The molecule has 0 fully saturated rings. The van der Waals surface area contributed by atoms with Gasteiger partial charge in [0.25, 0.3) is 0 Å². The van der Waals surface area contributed by atoms with Crippen LogP contribution in [0.25, 0.3) is 0 Å². The Balaban J connectivity index is 1.88. The lowest BCUT2D eigenvalue weighted by Crippen LogP contribution is -2.31. The minimum Gasteiger partial charge on any atom is -0.353 e. The van der Waals surface area contributed by atoms with Crippen molar-refractivity contribution in [2.45, 2.75) is 32.7 Å². The van der Waals surface area contributed by atoms with Gasteiger partial charge in [-0.3, -0.25) is 4.79 Å². The Morgan fingerprint density at radius 3 is 2.65 bits per heavy atom. The number of carbonyl (C=O) groups is 1. The first-order valence-electron chi connectivity index (χ1n) is 7.71. The van der Waals surface area contributed by atoms with E-state index in [0.717, 1.165) is 23.3 Å². The van der Waals surface area contributed by atoms with E-state index in [-0.39, 0.29) is 17.2 Å². The second kappa shape index (κ2) is 4.94. The number of nitrogens with one attached hydrogen (secondary N) is 2. The van der Waals surface area contributed by atoms with Crippen LogP contribution < -0.4 is 10.6 Å². The van der Waals surface area contributed by atoms with Crippen molar-refractivity contribution in [2.75, 3.05) is 10.6 Å². The Kier molecular flexibility index (Phi) is 3.01. The van der Waals surface area contributed by atoms with Gasteiger partial charge in [-0.1, -0.05) is 44.2 Å². The van der Waals surface area contributed by atoms with Gasteiger partial charge in [0.15, 0.2) is 5.78 Å². The van der Waals surface area contributed by atoms with Crippen molar-refractivity contribution in [3.05, 3.63) is 47.2 Å². The van der Waals surface area contributed by atoms with Gasteiger partial charge in [-0.25, -0.2) is 4.63 Å². The van der Waals surface area contributed by atoms with Crippen molar-refractivity contribution < 1.29 is 9.42 Å². The fourth-order valence-corrected chi connectivity index (χ4v) is 3.39. The van der Waals surface area contributed by atoms with Crippen LogP contribution >= 0.6 is 0 Å². The molecule has 6 nitrogen and oxygen atoms in total. The number of benzene rings is 1. The number of Topliss-reactive ketones (excluding diaryl/α,β-unsaturated/α-hetero) is 1. The van der Waals surface area contributed by atoms with E-state index < -0.39 is 0 Å². The van der Waals surface area contributed by atoms with Gasteiger partial charge in [0, 0.05) is 17.7 Å². The third kappa shape index (κ3) is 2.40. The van der Waals surface area contributed by atoms with Crippen LogP contribution in [-0.2, 0) is 4.79 Å². The van der Waals surface area contributed by atoms with Crippen molar-refractivity contribution in [1.29, 1.82) is 0 Å². The highest BCUT2D eigenvalue weighted by molar-refractivity contribution is 6.00. The topological polar surface area (TPSA) is 80.1 Å². The van der Waals surface area contributed by atoms with Gasteiger partial charge in [-0.05, 0) is 27.7 Å². The summed E-state index contributed by atoms with van der Waals surface area (Å²) in [7, 11) is 0. The standard InChI is InChI=1S/C17H18N4O2/c1-17(2)8-11-13(12(22)9-17)14(10-6-4-3-5-7-10)19-16-15(18-11)20-23-21-16/h3-7,14H,8-9H2,1-2H3,(H,18,20)(H,19,21)/t14-/m0/s1. The Morgan fingerprint density at radius 1 is 1.13 bits per heavy atom. The molecule has 6 heteroatoms. The lowest BCUT2D eigenvalue weighted by molar-refractivity contribution is -0.118. The van der Waals surface area contributed by atoms with E-state index in [1.807, 2.05) is 30.3 Å². The summed E-state index contributed by atoms with van der Waals surface area (Å²) in [6.45, 7) is 4.21. The van der Waals surface area contributed by atoms with Crippen LogP contribution in [0.3, 0.4) is 0 Å². The summed E-state index contributed by atoms with van der Waals surface area (Å²) in [5, 5.41) is 14.4. The molecule has 1 aromatic heterocycles. The summed E-state index contributed by atoms with van der Waals surface area (Å²) in [5.74, 6) is 1.22. The first-order valence-corrected chi connectivity index (χ1v) is 7.71. The van der Waals surface area contributed by atoms with Crippen molar-refractivity contribution in [2.24, 2.45) is 5.41 Å². The van der Waals surface area contributed by atoms with E-state index >= 15 is 0 Å². The van der Waals surface area contributed by atoms with Crippen molar-refractivity contribution >= 4 is 17.4 Å². The van der Waals surface area contributed by atoms with Crippen LogP contribution in [0.5, 0.6) is 0 Å². The molecule has 0 bridgehead atoms. The minimum atomic E-state index is -0.254. The van der Waals surface area contributed by atoms with E-state index in [1.54, 1.807) is 0 Å². The molecule has 2 aliphatic rings. The maximum atomic E-state index is 12.9. The van der Waals surface area contributed by atoms with Gasteiger partial charge in [-0.15, -0.1) is 0 Å². The quantitative estimate of drug-likeness (QED) is 0.841. The Morgan fingerprint density at radius 2 is 1.87 bits per heavy atom. The molecule has 0 saturated carbocycles. The molecular formula is C17H18N4O2. The molecule has 4 rings (SSSR count). The maximum Gasteiger partial charge on any atom is 0.219 e. The zero-order valence-corrected chi connectivity index (χ0v) is 13.1. The van der Waals surface area contributed by atoms with Crippen molar-refractivity contribution in [3.8, 4) is 0 Å². The van der Waals surface area contributed by atoms with Crippen LogP contribution in [0.15, 0.2) is 46.2 Å². The Bertz CT molecular complexity index is 792. The van der Waals surface area contributed by atoms with Gasteiger partial charge in [-0.2, -0.15) is 0 Å². The van der Waals surface area contributed by atoms with Crippen LogP contribution in [-0.4, -0.2) is 16.1 Å². The molecule has 2 aromatic rings. The number of fused-ring (bicyclic) bond motifs is 1. The second-order valence-corrected chi connectivity index (χ2v) is 6.91. The predicted molar refractivity (Wildman–Crippen MR) is 85.8 cm³/mol. The van der Waals surface area contributed by atoms with Crippen LogP contribution in [0.2, 0.25) is 0 Å². The first-order chi connectivity index (χ1) is 11.0. The predicted octanol–water partition coefficient (Wildman–Crippen LogP) is 3.29. The average Bonchev–Trinajstić information content (AvgIpc) is 2.86. The second-order valence-electron chi connectivity index (χ2n) is 6.91. The molecule has 2 N–H and O–H groups in total. The molecule has 0 saturated heterocycles. The van der Waals surface area contributed by atoms with Gasteiger partial charge in [0.05, 0.1) is 6.04 Å². The molecule has 1 atom stereocenters. The zero-order chi connectivity index (χ0) is 16.0. The van der Waals surface area contributed by atoms with Gasteiger partial charge >= 0.3 is 0 Å². The highest BCUT2D eigenvalue weighted by Gasteiger charge is 2.39. The van der Waals surface area contributed by atoms with E-state index in [9.17, 15) is 4.79 Å². The fraction of sp³-hybridized carbons (Fsp3) is 0.353. The number of rotatable bonds is 1. The molecule has 0 spiro atoms. The number of hydrogen-bond donors (Lipinski definition) is 2. The molecule has 1 aromatic carbocycles. The number of aromatic nitrogens is 2. The average molecular weight is 310 g/mol. The molecule has 0 amide bonds. The SMILES string of the molecule is CC1(C)CC(=O)C2=C(C1)Nc1nonc1N[C@H]2c1ccccc1. The molecule has 23 heavy (non-hydrogen) atoms. The molecule has 1 aliphatic heterocycles. The summed E-state index contributed by atoms with van der Waals surface area (Å²) in [6.07, 6.45) is 1.32. The van der Waals surface area contributed by atoms with Gasteiger partial charge in [0.2, 0.25) is 11.6 Å². The molecule has 2 heterocycles. The fourth-order valence-electron chi connectivity index (χ4n) is 3.39. The number of nitrogens with zero attached hydrogens (tertiary/aromatic N) is 2. The van der Waals surface area contributed by atoms with E-state index in [4.69, 9.17) is 4.63 Å². The highest BCUT2D eigenvalue weighted by Crippen LogP contribution is 2.44. The molecule has 0 radical (unpaired) electrons. The largest absolute Gasteiger partial charge is 0.353 e. The van der Waals surface area contributed by atoms with Crippen molar-refractivity contribution in [3.63, 3.8) is 0 Å². The smallest absolute Gasteiger partial charge is 0.219 e. The molecule has 118 valence electrons. The summed E-state index contributed by atoms with van der Waals surface area (Å²) in [6, 6.07) is 9.66. The number of carbonyl (C=O) groups excluding carboxylic acids is 1. The highest BCUT2D eigenvalue weighted by atomic mass is 16.6. The summed E-state index contributed by atoms with van der Waals surface area (Å²) >= 11 is 0. The third-order valence-electron chi connectivity index (χ3n) is 4.38. The van der Waals surface area contributed by atoms with E-state index in [2.05, 4.69) is 34.8 Å². The van der Waals surface area contributed by atoms with Crippen LogP contribution in [0.4, 0.5) is 11.6 Å². The summed E-state index contributed by atoms with van der Waals surface area (Å²) in [5.41, 5.74) is 2.62. The monoisotopic (exact) mass is 310 g/mol. The van der Waals surface area contributed by atoms with Crippen molar-refractivity contribution in [1.82, 2.24) is 10.3 Å². The Labute approximate surface area is 133 Å². The van der Waals surface area contributed by atoms with Gasteiger partial charge < -0.3 is 10.6 Å². The number of ketones is 1. The third-order valence-corrected chi connectivity index (χ3v) is 4.38. The van der Waals surface area contributed by atoms with Crippen LogP contribution in [0.1, 0.15) is 38.3 Å². The number of allylic oxidation sites excluding steroid dienone is 1. The molecule has 0 unspecified atom stereocenters. The molecular weight excluding hydrogens is 292 g/mol. The lowest BCUT2D eigenvalue weighted by atomic mass is 9.73.